The van der Waals surface area contributed by atoms with Gasteiger partial charge < -0.3 is 20.1 Å². The van der Waals surface area contributed by atoms with Crippen LogP contribution >= 0.6 is 23.1 Å². The van der Waals surface area contributed by atoms with Crippen molar-refractivity contribution in [3.63, 3.8) is 0 Å². The van der Waals surface area contributed by atoms with Crippen LogP contribution in [0, 0.1) is 0 Å². The molecule has 13 heteroatoms. The molecular formula is C26H31F3N6O2S2. The van der Waals surface area contributed by atoms with Crippen LogP contribution in [0.4, 0.5) is 30.6 Å². The molecule has 5 heterocycles. The van der Waals surface area contributed by atoms with E-state index >= 15 is 0 Å². The number of piperazine rings is 1. The molecule has 210 valence electrons. The number of aromatic nitrogens is 3. The minimum atomic E-state index is -4.59. The zero-order chi connectivity index (χ0) is 27.6. The van der Waals surface area contributed by atoms with Crippen LogP contribution in [-0.2, 0) is 17.3 Å². The van der Waals surface area contributed by atoms with Gasteiger partial charge in [-0.15, -0.1) is 23.1 Å². The fourth-order valence-corrected chi connectivity index (χ4v) is 7.05. The van der Waals surface area contributed by atoms with E-state index in [0.717, 1.165) is 59.4 Å². The van der Waals surface area contributed by atoms with E-state index in [1.807, 2.05) is 26.0 Å². The predicted octanol–water partition coefficient (Wildman–Crippen LogP) is 5.22. The van der Waals surface area contributed by atoms with Crippen molar-refractivity contribution >= 4 is 40.6 Å². The zero-order valence-corrected chi connectivity index (χ0v) is 23.4. The molecule has 39 heavy (non-hydrogen) atoms. The van der Waals surface area contributed by atoms with E-state index < -0.39 is 11.7 Å². The van der Waals surface area contributed by atoms with Crippen LogP contribution in [0.25, 0.3) is 10.6 Å². The lowest BCUT2D eigenvalue weighted by atomic mass is 10.2. The molecule has 0 unspecified atom stereocenters. The Hall–Kier alpha value is -2.45. The molecular weight excluding hydrogens is 549 g/mol. The Balaban J connectivity index is 1.42. The number of pyridine rings is 1. The van der Waals surface area contributed by atoms with E-state index in [2.05, 4.69) is 25.1 Å². The van der Waals surface area contributed by atoms with Gasteiger partial charge in [0.15, 0.2) is 0 Å². The number of thioether (sulfide) groups is 1. The van der Waals surface area contributed by atoms with E-state index in [1.165, 1.54) is 11.3 Å². The number of rotatable bonds is 7. The molecule has 3 aromatic heterocycles. The second-order valence-corrected chi connectivity index (χ2v) is 11.6. The van der Waals surface area contributed by atoms with Crippen LogP contribution < -0.4 is 10.2 Å². The lowest BCUT2D eigenvalue weighted by molar-refractivity contribution is -0.137. The highest BCUT2D eigenvalue weighted by molar-refractivity contribution is 7.99. The first kappa shape index (κ1) is 28.1. The quantitative estimate of drug-likeness (QED) is 0.391. The predicted molar refractivity (Wildman–Crippen MR) is 148 cm³/mol. The highest BCUT2D eigenvalue weighted by Crippen LogP contribution is 2.45. The number of aliphatic hydroxyl groups excluding tert-OH is 1. The molecule has 5 rings (SSSR count). The van der Waals surface area contributed by atoms with Gasteiger partial charge in [0.1, 0.15) is 11.4 Å². The van der Waals surface area contributed by atoms with Crippen molar-refractivity contribution in [2.75, 3.05) is 61.9 Å². The summed E-state index contributed by atoms with van der Waals surface area (Å²) in [4.78, 5) is 19.9. The number of β-amino-alcohol motifs (C(OH)–C–C–N with tert-alkyl or cyclic N) is 1. The zero-order valence-electron chi connectivity index (χ0n) is 21.8. The maximum absolute atomic E-state index is 14.0. The van der Waals surface area contributed by atoms with Crippen LogP contribution in [0.2, 0.25) is 0 Å². The molecule has 1 saturated heterocycles. The molecule has 1 atom stereocenters. The number of aryl methyl sites for hydroxylation is 1. The van der Waals surface area contributed by atoms with Gasteiger partial charge in [-0.2, -0.15) is 13.2 Å². The molecule has 0 saturated carbocycles. The Kier molecular flexibility index (Phi) is 8.62. The highest BCUT2D eigenvalue weighted by Gasteiger charge is 2.36. The van der Waals surface area contributed by atoms with Crippen LogP contribution in [0.3, 0.4) is 0 Å². The molecule has 0 aromatic carbocycles. The normalized spacial score (nSPS) is 18.6. The van der Waals surface area contributed by atoms with Gasteiger partial charge in [0, 0.05) is 54.4 Å². The number of thiophene rings is 1. The first-order valence-corrected chi connectivity index (χ1v) is 14.7. The standard InChI is InChI=1S/C26H31F3N6O2S2/c1-3-18-19(4-5-22(31-18)35-8-6-34(7-9-35)10-11-36)32-25-30-15-17(26(27,28)29)23(33-25)20-14-21-24(39-20)16(2)37-12-13-38-21/h4-5,14-16,36H,3,6-13H2,1-2H3,(H,30,32,33)/t16-/m0/s1. The molecule has 0 amide bonds. The number of aliphatic hydroxyl groups is 1. The lowest BCUT2D eigenvalue weighted by Crippen LogP contribution is -2.47. The Morgan fingerprint density at radius 1 is 1.18 bits per heavy atom. The Morgan fingerprint density at radius 3 is 2.69 bits per heavy atom. The minimum absolute atomic E-state index is 0.0837. The van der Waals surface area contributed by atoms with Crippen LogP contribution in [0.5, 0.6) is 0 Å². The van der Waals surface area contributed by atoms with Crippen molar-refractivity contribution in [2.24, 2.45) is 0 Å². The van der Waals surface area contributed by atoms with Gasteiger partial charge in [0.05, 0.1) is 41.3 Å². The largest absolute Gasteiger partial charge is 0.420 e. The van der Waals surface area contributed by atoms with Crippen LogP contribution in [0.1, 0.15) is 36.1 Å². The molecule has 2 aliphatic heterocycles. The van der Waals surface area contributed by atoms with E-state index in [-0.39, 0.29) is 24.4 Å². The van der Waals surface area contributed by atoms with Crippen molar-refractivity contribution in [3.05, 3.63) is 40.5 Å². The number of hydrogen-bond acceptors (Lipinski definition) is 10. The third kappa shape index (κ3) is 6.32. The third-order valence-electron chi connectivity index (χ3n) is 6.78. The van der Waals surface area contributed by atoms with Gasteiger partial charge in [-0.05, 0) is 31.5 Å². The number of nitrogens with zero attached hydrogens (tertiary/aromatic N) is 5. The summed E-state index contributed by atoms with van der Waals surface area (Å²) >= 11 is 2.87. The van der Waals surface area contributed by atoms with E-state index in [0.29, 0.717) is 30.1 Å². The molecule has 1 fully saturated rings. The average Bonchev–Trinajstić information content (AvgIpc) is 3.28. The number of anilines is 3. The molecule has 0 aliphatic carbocycles. The van der Waals surface area contributed by atoms with Gasteiger partial charge >= 0.3 is 6.18 Å². The Morgan fingerprint density at radius 2 is 1.97 bits per heavy atom. The summed E-state index contributed by atoms with van der Waals surface area (Å²) in [5.41, 5.74) is 0.424. The van der Waals surface area contributed by atoms with E-state index in [4.69, 9.17) is 9.72 Å². The monoisotopic (exact) mass is 580 g/mol. The van der Waals surface area contributed by atoms with Gasteiger partial charge in [0.25, 0.3) is 0 Å². The summed E-state index contributed by atoms with van der Waals surface area (Å²) < 4.78 is 47.7. The molecule has 0 bridgehead atoms. The first-order valence-electron chi connectivity index (χ1n) is 12.9. The number of hydrogen-bond donors (Lipinski definition) is 2. The van der Waals surface area contributed by atoms with Crippen molar-refractivity contribution < 1.29 is 23.0 Å². The van der Waals surface area contributed by atoms with Crippen molar-refractivity contribution in [3.8, 4) is 10.6 Å². The number of alkyl halides is 3. The number of fused-ring (bicyclic) bond motifs is 1. The molecule has 2 N–H and O–H groups in total. The maximum Gasteiger partial charge on any atom is 0.420 e. The summed E-state index contributed by atoms with van der Waals surface area (Å²) in [6, 6.07) is 5.57. The second kappa shape index (κ2) is 12.0. The summed E-state index contributed by atoms with van der Waals surface area (Å²) in [5.74, 6) is 1.68. The van der Waals surface area contributed by atoms with Crippen molar-refractivity contribution in [2.45, 2.75) is 37.4 Å². The SMILES string of the molecule is CCc1nc(N2CCN(CCO)CC2)ccc1Nc1ncc(C(F)(F)F)c(-c2cc3c(s2)[C@H](C)OCCS3)n1. The highest BCUT2D eigenvalue weighted by atomic mass is 32.2. The van der Waals surface area contributed by atoms with E-state index in [1.54, 1.807) is 17.8 Å². The van der Waals surface area contributed by atoms with Gasteiger partial charge in [-0.3, -0.25) is 4.90 Å². The number of ether oxygens (including phenoxy) is 1. The molecule has 0 spiro atoms. The number of halogens is 3. The lowest BCUT2D eigenvalue weighted by Gasteiger charge is -2.35. The number of nitrogens with one attached hydrogen (secondary N) is 1. The second-order valence-electron chi connectivity index (χ2n) is 9.35. The van der Waals surface area contributed by atoms with E-state index in [9.17, 15) is 18.3 Å². The van der Waals surface area contributed by atoms with Gasteiger partial charge in [0.2, 0.25) is 5.95 Å². The van der Waals surface area contributed by atoms with Crippen molar-refractivity contribution in [1.29, 1.82) is 0 Å². The summed E-state index contributed by atoms with van der Waals surface area (Å²) in [5, 5.41) is 12.3. The van der Waals surface area contributed by atoms with Gasteiger partial charge in [-0.25, -0.2) is 15.0 Å². The van der Waals surface area contributed by atoms with Crippen LogP contribution in [0.15, 0.2) is 29.3 Å². The fraction of sp³-hybridized carbons (Fsp3) is 0.500. The topological polar surface area (TPSA) is 86.6 Å². The van der Waals surface area contributed by atoms with Gasteiger partial charge in [-0.1, -0.05) is 6.92 Å². The summed E-state index contributed by atoms with van der Waals surface area (Å²) in [7, 11) is 0. The Labute approximate surface area is 233 Å². The van der Waals surface area contributed by atoms with Crippen molar-refractivity contribution in [1.82, 2.24) is 19.9 Å². The third-order valence-corrected chi connectivity index (χ3v) is 9.24. The van der Waals surface area contributed by atoms with Crippen LogP contribution in [-0.4, -0.2) is 76.6 Å². The molecule has 0 radical (unpaired) electrons. The molecule has 3 aromatic rings. The maximum atomic E-state index is 14.0. The smallest absolute Gasteiger partial charge is 0.395 e. The Bertz CT molecular complexity index is 1300. The first-order chi connectivity index (χ1) is 18.8. The summed E-state index contributed by atoms with van der Waals surface area (Å²) in [6.07, 6.45) is -3.30. The minimum Gasteiger partial charge on any atom is -0.395 e. The summed E-state index contributed by atoms with van der Waals surface area (Å²) in [6.45, 7) is 8.62. The fourth-order valence-electron chi connectivity index (χ4n) is 4.70. The average molecular weight is 581 g/mol. The molecule has 8 nitrogen and oxygen atoms in total. The molecule has 2 aliphatic rings.